The van der Waals surface area contributed by atoms with Gasteiger partial charge in [0.1, 0.15) is 29.5 Å². The Morgan fingerprint density at radius 3 is 2.10 bits per heavy atom. The molecule has 7 rings (SSSR count). The molecule has 0 radical (unpaired) electrons. The summed E-state index contributed by atoms with van der Waals surface area (Å²) in [6.45, 7) is 1.99. The molecule has 0 aliphatic heterocycles. The number of pyridine rings is 1. The van der Waals surface area contributed by atoms with Gasteiger partial charge in [-0.05, 0) is 29.7 Å². The number of furan rings is 1. The maximum Gasteiger partial charge on any atom is 0.298 e. The van der Waals surface area contributed by atoms with Gasteiger partial charge in [-0.2, -0.15) is 13.9 Å². The summed E-state index contributed by atoms with van der Waals surface area (Å²) in [6.07, 6.45) is 4.02. The largest absolute Gasteiger partial charge is 0.437 e. The van der Waals surface area contributed by atoms with Crippen molar-refractivity contribution in [2.75, 3.05) is 0 Å². The molecule has 0 saturated heterocycles. The number of hydrogen-bond acceptors (Lipinski definition) is 2. The minimum atomic E-state index is -0.916. The number of imidazole rings is 1. The van der Waals surface area contributed by atoms with Crippen LogP contribution in [0.15, 0.2) is 114 Å². The van der Waals surface area contributed by atoms with Gasteiger partial charge >= 0.3 is 0 Å². The van der Waals surface area contributed by atoms with Crippen LogP contribution in [-0.2, 0) is 7.05 Å². The van der Waals surface area contributed by atoms with Crippen LogP contribution in [0.1, 0.15) is 5.56 Å². The third kappa shape index (κ3) is 3.72. The van der Waals surface area contributed by atoms with Gasteiger partial charge in [0.2, 0.25) is 11.7 Å². The van der Waals surface area contributed by atoms with Crippen LogP contribution in [0.3, 0.4) is 0 Å². The van der Waals surface area contributed by atoms with Crippen LogP contribution in [-0.4, -0.2) is 9.55 Å². The highest BCUT2D eigenvalue weighted by Crippen LogP contribution is 2.41. The molecule has 0 aliphatic carbocycles. The van der Waals surface area contributed by atoms with Crippen LogP contribution in [0.25, 0.3) is 61.4 Å². The monoisotopic (exact) mass is 528 g/mol. The van der Waals surface area contributed by atoms with E-state index in [-0.39, 0.29) is 11.1 Å². The first-order valence-corrected chi connectivity index (χ1v) is 13.0. The fourth-order valence-electron chi connectivity index (χ4n) is 5.60. The Morgan fingerprint density at radius 2 is 1.45 bits per heavy atom. The molecule has 4 aromatic carbocycles. The molecule has 194 valence electrons. The summed E-state index contributed by atoms with van der Waals surface area (Å²) in [5.74, 6) is -0.777. The van der Waals surface area contributed by atoms with Gasteiger partial charge in [0.15, 0.2) is 5.58 Å². The third-order valence-electron chi connectivity index (χ3n) is 7.41. The summed E-state index contributed by atoms with van der Waals surface area (Å²) in [7, 11) is 1.97. The fraction of sp³-hybridized carbons (Fsp3) is 0.0588. The van der Waals surface area contributed by atoms with Gasteiger partial charge in [0, 0.05) is 22.6 Å². The zero-order valence-corrected chi connectivity index (χ0v) is 21.9. The lowest BCUT2D eigenvalue weighted by atomic mass is 9.95. The SMILES string of the molecule is Cc1ccc2c(oc3nc(F)cc(F)c32)c1-c1n(-c2c(-c3ccccc3)cccc2-c2ccccc2)cc[n+]1C. The van der Waals surface area contributed by atoms with Crippen molar-refractivity contribution in [3.05, 3.63) is 127 Å². The second-order valence-electron chi connectivity index (χ2n) is 9.88. The maximum absolute atomic E-state index is 14.9. The van der Waals surface area contributed by atoms with Crippen molar-refractivity contribution < 1.29 is 17.8 Å². The van der Waals surface area contributed by atoms with Gasteiger partial charge in [-0.1, -0.05) is 84.9 Å². The van der Waals surface area contributed by atoms with E-state index in [1.807, 2.05) is 79.5 Å². The van der Waals surface area contributed by atoms with E-state index in [1.165, 1.54) is 0 Å². The highest BCUT2D eigenvalue weighted by molar-refractivity contribution is 6.09. The van der Waals surface area contributed by atoms with Crippen molar-refractivity contribution in [1.82, 2.24) is 9.55 Å². The fourth-order valence-corrected chi connectivity index (χ4v) is 5.60. The van der Waals surface area contributed by atoms with Gasteiger partial charge in [-0.15, -0.1) is 0 Å². The number of halogens is 2. The topological polar surface area (TPSA) is 34.8 Å². The molecule has 0 aliphatic rings. The maximum atomic E-state index is 14.9. The number of aryl methyl sites for hydroxylation is 2. The Kier molecular flexibility index (Phi) is 5.56. The van der Waals surface area contributed by atoms with E-state index in [0.717, 1.165) is 51.0 Å². The zero-order valence-electron chi connectivity index (χ0n) is 21.9. The van der Waals surface area contributed by atoms with Crippen molar-refractivity contribution in [2.45, 2.75) is 6.92 Å². The molecule has 0 atom stereocenters. The first kappa shape index (κ1) is 24.0. The van der Waals surface area contributed by atoms with Gasteiger partial charge in [0.05, 0.1) is 12.4 Å². The van der Waals surface area contributed by atoms with E-state index in [9.17, 15) is 8.78 Å². The number of hydrogen-bond donors (Lipinski definition) is 0. The average Bonchev–Trinajstić information content (AvgIpc) is 3.53. The lowest BCUT2D eigenvalue weighted by Crippen LogP contribution is -2.29. The van der Waals surface area contributed by atoms with Crippen molar-refractivity contribution in [3.63, 3.8) is 0 Å². The number of rotatable bonds is 4. The number of fused-ring (bicyclic) bond motifs is 3. The summed E-state index contributed by atoms with van der Waals surface area (Å²) < 4.78 is 39.2. The van der Waals surface area contributed by atoms with Crippen LogP contribution in [0.2, 0.25) is 0 Å². The number of aromatic nitrogens is 3. The van der Waals surface area contributed by atoms with Crippen molar-refractivity contribution in [1.29, 1.82) is 0 Å². The molecule has 6 heteroatoms. The lowest BCUT2D eigenvalue weighted by molar-refractivity contribution is -0.659. The van der Waals surface area contributed by atoms with E-state index in [4.69, 9.17) is 4.42 Å². The first-order valence-electron chi connectivity index (χ1n) is 13.0. The molecule has 0 saturated carbocycles. The standard InChI is InChI=1S/C34H24F2N3O/c1-21-16-17-26-30-27(35)20-28(36)37-33(30)40-32(26)29(21)34-38(2)18-19-39(34)31-24(22-10-5-3-6-11-22)14-9-15-25(31)23-12-7-4-8-13-23/h3-20H,1-2H3/q+1. The average molecular weight is 529 g/mol. The van der Waals surface area contributed by atoms with Gasteiger partial charge < -0.3 is 4.42 Å². The molecule has 0 N–H and O–H groups in total. The van der Waals surface area contributed by atoms with E-state index in [1.54, 1.807) is 0 Å². The molecular weight excluding hydrogens is 504 g/mol. The predicted octanol–water partition coefficient (Wildman–Crippen LogP) is 8.18. The minimum absolute atomic E-state index is 0.0604. The van der Waals surface area contributed by atoms with Crippen LogP contribution in [0.4, 0.5) is 8.78 Å². The van der Waals surface area contributed by atoms with Crippen molar-refractivity contribution in [3.8, 4) is 39.3 Å². The summed E-state index contributed by atoms with van der Waals surface area (Å²) in [5, 5.41) is 0.723. The van der Waals surface area contributed by atoms with Gasteiger partial charge in [-0.25, -0.2) is 8.96 Å². The van der Waals surface area contributed by atoms with Crippen LogP contribution >= 0.6 is 0 Å². The van der Waals surface area contributed by atoms with E-state index in [0.29, 0.717) is 11.0 Å². The van der Waals surface area contributed by atoms with Crippen LogP contribution in [0, 0.1) is 18.7 Å². The molecule has 0 amide bonds. The molecule has 0 bridgehead atoms. The van der Waals surface area contributed by atoms with E-state index >= 15 is 0 Å². The van der Waals surface area contributed by atoms with Crippen LogP contribution < -0.4 is 4.57 Å². The van der Waals surface area contributed by atoms with E-state index in [2.05, 4.69) is 52.0 Å². The second-order valence-corrected chi connectivity index (χ2v) is 9.88. The molecule has 7 aromatic rings. The predicted molar refractivity (Wildman–Crippen MR) is 153 cm³/mol. The summed E-state index contributed by atoms with van der Waals surface area (Å²) in [5.41, 5.74) is 7.39. The van der Waals surface area contributed by atoms with Crippen LogP contribution in [0.5, 0.6) is 0 Å². The van der Waals surface area contributed by atoms with Gasteiger partial charge in [0.25, 0.3) is 5.82 Å². The Labute approximate surface area is 229 Å². The Morgan fingerprint density at radius 1 is 0.800 bits per heavy atom. The summed E-state index contributed by atoms with van der Waals surface area (Å²) in [6, 6.07) is 31.4. The highest BCUT2D eigenvalue weighted by atomic mass is 19.1. The highest BCUT2D eigenvalue weighted by Gasteiger charge is 2.30. The summed E-state index contributed by atoms with van der Waals surface area (Å²) >= 11 is 0. The number of nitrogens with zero attached hydrogens (tertiary/aromatic N) is 3. The Balaban J connectivity index is 1.59. The van der Waals surface area contributed by atoms with E-state index < -0.39 is 11.8 Å². The zero-order chi connectivity index (χ0) is 27.4. The third-order valence-corrected chi connectivity index (χ3v) is 7.41. The lowest BCUT2D eigenvalue weighted by Gasteiger charge is -2.15. The Bertz CT molecular complexity index is 1990. The molecule has 0 spiro atoms. The minimum Gasteiger partial charge on any atom is -0.437 e. The molecule has 0 unspecified atom stereocenters. The molecule has 40 heavy (non-hydrogen) atoms. The first-order chi connectivity index (χ1) is 19.5. The molecular formula is C34H24F2N3O+. The molecule has 3 aromatic heterocycles. The normalized spacial score (nSPS) is 11.5. The number of benzene rings is 4. The summed E-state index contributed by atoms with van der Waals surface area (Å²) in [4.78, 5) is 3.85. The number of para-hydroxylation sites is 1. The van der Waals surface area contributed by atoms with Crippen molar-refractivity contribution in [2.24, 2.45) is 7.05 Å². The van der Waals surface area contributed by atoms with Crippen molar-refractivity contribution >= 4 is 22.1 Å². The van der Waals surface area contributed by atoms with Gasteiger partial charge in [-0.3, -0.25) is 0 Å². The molecule has 3 heterocycles. The second kappa shape index (κ2) is 9.27. The quantitative estimate of drug-likeness (QED) is 0.171. The molecule has 4 nitrogen and oxygen atoms in total. The Hall–Kier alpha value is -5.10. The smallest absolute Gasteiger partial charge is 0.298 e. The molecule has 0 fully saturated rings.